The summed E-state index contributed by atoms with van der Waals surface area (Å²) in [5, 5.41) is 10.9. The monoisotopic (exact) mass is 589 g/mol. The Kier molecular flexibility index (Phi) is 7.83. The molecule has 40 heavy (non-hydrogen) atoms. The van der Waals surface area contributed by atoms with Crippen LogP contribution in [-0.4, -0.2) is 65.3 Å². The van der Waals surface area contributed by atoms with Crippen LogP contribution in [0.25, 0.3) is 16.7 Å². The van der Waals surface area contributed by atoms with E-state index in [1.165, 1.54) is 15.8 Å². The lowest BCUT2D eigenvalue weighted by molar-refractivity contribution is -0.00148. The maximum Gasteiger partial charge on any atom is 0.407 e. The van der Waals surface area contributed by atoms with Gasteiger partial charge in [0.1, 0.15) is 17.3 Å². The van der Waals surface area contributed by atoms with Gasteiger partial charge in [0, 0.05) is 19.1 Å². The van der Waals surface area contributed by atoms with E-state index in [9.17, 15) is 14.7 Å². The summed E-state index contributed by atoms with van der Waals surface area (Å²) in [6.07, 6.45) is 0.525. The van der Waals surface area contributed by atoms with Crippen LogP contribution < -0.4 is 10.6 Å². The molecule has 4 rings (SSSR count). The fourth-order valence-corrected chi connectivity index (χ4v) is 5.62. The van der Waals surface area contributed by atoms with E-state index in [-0.39, 0.29) is 40.2 Å². The number of anilines is 1. The Labute approximate surface area is 244 Å². The second-order valence-corrected chi connectivity index (χ2v) is 13.1. The van der Waals surface area contributed by atoms with Crippen LogP contribution in [0, 0.1) is 5.41 Å². The lowest BCUT2D eigenvalue weighted by atomic mass is 9.71. The van der Waals surface area contributed by atoms with Gasteiger partial charge < -0.3 is 10.0 Å². The number of amides is 1. The van der Waals surface area contributed by atoms with Crippen molar-refractivity contribution in [1.82, 2.24) is 29.4 Å². The summed E-state index contributed by atoms with van der Waals surface area (Å²) in [5.41, 5.74) is 0.428. The second-order valence-electron chi connectivity index (χ2n) is 12.4. The van der Waals surface area contributed by atoms with Gasteiger partial charge in [0.05, 0.1) is 33.0 Å². The number of halogens is 2. The highest BCUT2D eigenvalue weighted by Crippen LogP contribution is 2.42. The molecule has 10 nitrogen and oxygen atoms in total. The molecule has 1 amide bonds. The third kappa shape index (κ3) is 4.89. The molecule has 0 bridgehead atoms. The standard InChI is InChI=1S/C28H37Cl2N7O3/c1-14(2)19-21(20(15(3)4)32-13-31-19)37-24-17(10-18(29)22(30)33-24)23(34-25(37)38)35-12-28(9,27(6,7)8)36(26(39)40)11-16(35)5/h10,13-16H,11-12H2,1-9H3,(H,39,40)/t16-,28-/m0/s1. The van der Waals surface area contributed by atoms with E-state index in [0.717, 1.165) is 0 Å². The number of carboxylic acid groups (broad SMARTS) is 1. The zero-order valence-electron chi connectivity index (χ0n) is 24.5. The van der Waals surface area contributed by atoms with Crippen molar-refractivity contribution >= 4 is 46.1 Å². The first-order chi connectivity index (χ1) is 18.5. The number of hydrogen-bond acceptors (Lipinski definition) is 7. The molecule has 216 valence electrons. The Hall–Kier alpha value is -2.98. The predicted molar refractivity (Wildman–Crippen MR) is 158 cm³/mol. The molecule has 1 aliphatic rings. The van der Waals surface area contributed by atoms with Gasteiger partial charge in [0.2, 0.25) is 0 Å². The van der Waals surface area contributed by atoms with Gasteiger partial charge in [-0.15, -0.1) is 0 Å². The lowest BCUT2D eigenvalue weighted by Crippen LogP contribution is -2.70. The average Bonchev–Trinajstić information content (AvgIpc) is 2.84. The fraction of sp³-hybridized carbons (Fsp3) is 0.571. The van der Waals surface area contributed by atoms with Gasteiger partial charge in [0.25, 0.3) is 0 Å². The van der Waals surface area contributed by atoms with Crippen molar-refractivity contribution in [3.63, 3.8) is 0 Å². The highest BCUT2D eigenvalue weighted by atomic mass is 35.5. The molecule has 0 unspecified atom stereocenters. The Morgan fingerprint density at radius 2 is 1.68 bits per heavy atom. The van der Waals surface area contributed by atoms with Crippen LogP contribution in [0.15, 0.2) is 17.2 Å². The van der Waals surface area contributed by atoms with Crippen molar-refractivity contribution < 1.29 is 9.90 Å². The van der Waals surface area contributed by atoms with Crippen molar-refractivity contribution in [2.24, 2.45) is 5.41 Å². The number of fused-ring (bicyclic) bond motifs is 1. The largest absolute Gasteiger partial charge is 0.465 e. The van der Waals surface area contributed by atoms with Gasteiger partial charge in [0.15, 0.2) is 5.65 Å². The van der Waals surface area contributed by atoms with Crippen molar-refractivity contribution in [2.75, 3.05) is 18.0 Å². The normalized spacial score (nSPS) is 20.2. The molecule has 12 heteroatoms. The third-order valence-electron chi connectivity index (χ3n) is 8.13. The smallest absolute Gasteiger partial charge is 0.407 e. The van der Waals surface area contributed by atoms with Crippen molar-refractivity contribution in [3.05, 3.63) is 44.4 Å². The van der Waals surface area contributed by atoms with Crippen molar-refractivity contribution in [2.45, 2.75) is 85.7 Å². The maximum atomic E-state index is 14.0. The predicted octanol–water partition coefficient (Wildman–Crippen LogP) is 6.12. The molecule has 1 fully saturated rings. The molecule has 0 spiro atoms. The zero-order chi connectivity index (χ0) is 29.9. The van der Waals surface area contributed by atoms with E-state index in [0.29, 0.717) is 34.8 Å². The van der Waals surface area contributed by atoms with E-state index in [1.807, 2.05) is 67.2 Å². The topological polar surface area (TPSA) is 117 Å². The Morgan fingerprint density at radius 1 is 1.10 bits per heavy atom. The SMILES string of the molecule is CC(C)c1ncnc(C(C)C)c1-n1c(=O)nc(N2C[C@@](C)(C(C)(C)C)N(C(=O)O)C[C@@H]2C)c2cc(Cl)c(Cl)nc21. The quantitative estimate of drug-likeness (QED) is 0.362. The summed E-state index contributed by atoms with van der Waals surface area (Å²) in [7, 11) is 0. The van der Waals surface area contributed by atoms with Crippen molar-refractivity contribution in [3.8, 4) is 5.69 Å². The molecule has 2 atom stereocenters. The lowest BCUT2D eigenvalue weighted by Gasteiger charge is -2.56. The van der Waals surface area contributed by atoms with Crippen LogP contribution in [0.4, 0.5) is 10.6 Å². The number of carbonyl (C=O) groups is 1. The van der Waals surface area contributed by atoms with Crippen LogP contribution >= 0.6 is 23.2 Å². The van der Waals surface area contributed by atoms with E-state index in [2.05, 4.69) is 19.9 Å². The highest BCUT2D eigenvalue weighted by molar-refractivity contribution is 6.41. The minimum Gasteiger partial charge on any atom is -0.465 e. The maximum absolute atomic E-state index is 14.0. The second kappa shape index (κ2) is 10.4. The van der Waals surface area contributed by atoms with Gasteiger partial charge in [-0.3, -0.25) is 4.90 Å². The Balaban J connectivity index is 2.07. The summed E-state index contributed by atoms with van der Waals surface area (Å²) >= 11 is 12.9. The minimum atomic E-state index is -0.986. The molecule has 0 aliphatic carbocycles. The first kappa shape index (κ1) is 30.0. The van der Waals surface area contributed by atoms with Crippen LogP contribution in [-0.2, 0) is 0 Å². The minimum absolute atomic E-state index is 0.0171. The number of hydrogen-bond donors (Lipinski definition) is 1. The van der Waals surface area contributed by atoms with Crippen LogP contribution in [0.2, 0.25) is 10.2 Å². The molecule has 1 N–H and O–H groups in total. The van der Waals surface area contributed by atoms with E-state index in [1.54, 1.807) is 6.07 Å². The molecule has 0 saturated carbocycles. The van der Waals surface area contributed by atoms with E-state index < -0.39 is 22.7 Å². The molecule has 1 aliphatic heterocycles. The fourth-order valence-electron chi connectivity index (χ4n) is 5.34. The van der Waals surface area contributed by atoms with Gasteiger partial charge in [-0.1, -0.05) is 71.7 Å². The molecular weight excluding hydrogens is 553 g/mol. The molecule has 0 aromatic carbocycles. The first-order valence-corrected chi connectivity index (χ1v) is 14.2. The zero-order valence-corrected chi connectivity index (χ0v) is 26.0. The molecule has 4 heterocycles. The Morgan fingerprint density at radius 3 is 2.17 bits per heavy atom. The molecule has 3 aromatic heterocycles. The number of piperazine rings is 1. The van der Waals surface area contributed by atoms with Gasteiger partial charge in [-0.2, -0.15) is 4.98 Å². The summed E-state index contributed by atoms with van der Waals surface area (Å²) in [5.74, 6) is 0.345. The van der Waals surface area contributed by atoms with Crippen molar-refractivity contribution in [1.29, 1.82) is 0 Å². The number of rotatable bonds is 4. The van der Waals surface area contributed by atoms with Crippen LogP contribution in [0.3, 0.4) is 0 Å². The molecule has 3 aromatic rings. The summed E-state index contributed by atoms with van der Waals surface area (Å²) in [6, 6.07) is 1.38. The summed E-state index contributed by atoms with van der Waals surface area (Å²) < 4.78 is 1.44. The number of pyridine rings is 1. The number of aromatic nitrogens is 5. The molecular formula is C28H37Cl2N7O3. The third-order valence-corrected chi connectivity index (χ3v) is 8.80. The van der Waals surface area contributed by atoms with E-state index >= 15 is 0 Å². The van der Waals surface area contributed by atoms with Gasteiger partial charge >= 0.3 is 11.8 Å². The summed E-state index contributed by atoms with van der Waals surface area (Å²) in [6.45, 7) is 18.4. The molecule has 1 saturated heterocycles. The molecule has 0 radical (unpaired) electrons. The highest BCUT2D eigenvalue weighted by Gasteiger charge is 2.51. The van der Waals surface area contributed by atoms with Gasteiger partial charge in [-0.05, 0) is 37.2 Å². The Bertz CT molecular complexity index is 1510. The van der Waals surface area contributed by atoms with Crippen LogP contribution in [0.5, 0.6) is 0 Å². The average molecular weight is 591 g/mol. The van der Waals surface area contributed by atoms with Gasteiger partial charge in [-0.25, -0.2) is 29.1 Å². The van der Waals surface area contributed by atoms with E-state index in [4.69, 9.17) is 23.2 Å². The van der Waals surface area contributed by atoms with Crippen LogP contribution in [0.1, 0.15) is 85.5 Å². The number of nitrogens with zero attached hydrogens (tertiary/aromatic N) is 7. The summed E-state index contributed by atoms with van der Waals surface area (Å²) in [4.78, 5) is 48.1. The first-order valence-electron chi connectivity index (χ1n) is 13.4.